The number of benzene rings is 3. The zero-order valence-corrected chi connectivity index (χ0v) is 43.8. The lowest BCUT2D eigenvalue weighted by Gasteiger charge is -2.36. The van der Waals surface area contributed by atoms with Gasteiger partial charge in [0.2, 0.25) is 17.7 Å². The van der Waals surface area contributed by atoms with Crippen molar-refractivity contribution in [3.63, 3.8) is 0 Å². The summed E-state index contributed by atoms with van der Waals surface area (Å²) in [6, 6.07) is 21.9. The molecule has 3 aliphatic rings. The molecule has 2 saturated heterocycles. The molecule has 5 amide bonds. The first-order valence-corrected chi connectivity index (χ1v) is 26.7. The summed E-state index contributed by atoms with van der Waals surface area (Å²) in [7, 11) is 1.89. The first-order chi connectivity index (χ1) is 37.1. The molecule has 2 fully saturated rings. The number of carbonyl (C=O) groups is 5. The van der Waals surface area contributed by atoms with E-state index >= 15 is 0 Å². The number of piperazine rings is 1. The third-order valence-electron chi connectivity index (χ3n) is 13.9. The second-order valence-electron chi connectivity index (χ2n) is 19.3. The second-order valence-corrected chi connectivity index (χ2v) is 19.3. The van der Waals surface area contributed by atoms with Gasteiger partial charge in [0.1, 0.15) is 23.8 Å². The number of aromatic nitrogens is 5. The Morgan fingerprint density at radius 1 is 0.789 bits per heavy atom. The fraction of sp³-hybridized carbons (Fsp3) is 0.482. The first kappa shape index (κ1) is 55.0. The third-order valence-corrected chi connectivity index (χ3v) is 13.9. The van der Waals surface area contributed by atoms with Gasteiger partial charge in [0, 0.05) is 94.5 Å². The van der Waals surface area contributed by atoms with E-state index < -0.39 is 11.9 Å². The third kappa shape index (κ3) is 15.4. The molecule has 3 aromatic carbocycles. The summed E-state index contributed by atoms with van der Waals surface area (Å²) in [4.78, 5) is 77.3. The predicted octanol–water partition coefficient (Wildman–Crippen LogP) is 6.03. The lowest BCUT2D eigenvalue weighted by molar-refractivity contribution is -0.137. The van der Waals surface area contributed by atoms with Crippen LogP contribution < -0.4 is 25.6 Å². The molecule has 2 aromatic heterocycles. The summed E-state index contributed by atoms with van der Waals surface area (Å²) in [6.45, 7) is 9.49. The highest BCUT2D eigenvalue weighted by atomic mass is 16.5. The minimum absolute atomic E-state index is 0.175. The van der Waals surface area contributed by atoms with Crippen LogP contribution in [0.15, 0.2) is 85.3 Å². The van der Waals surface area contributed by atoms with Crippen molar-refractivity contribution in [2.75, 3.05) is 82.6 Å². The van der Waals surface area contributed by atoms with Gasteiger partial charge in [0.15, 0.2) is 11.6 Å². The molecule has 3 aliphatic heterocycles. The average molecular weight is 1040 g/mol. The molecular weight excluding hydrogens is 971 g/mol. The molecule has 0 radical (unpaired) electrons. The summed E-state index contributed by atoms with van der Waals surface area (Å²) < 4.78 is 25.1. The number of carbonyl (C=O) groups excluding carboxylic acids is 5. The molecule has 20 nitrogen and oxygen atoms in total. The van der Waals surface area contributed by atoms with Crippen molar-refractivity contribution in [3.8, 4) is 17.3 Å². The van der Waals surface area contributed by atoms with Crippen LogP contribution in [-0.4, -0.2) is 143 Å². The largest absolute Gasteiger partial charge is 0.494 e. The maximum absolute atomic E-state index is 13.3. The Labute approximate surface area is 444 Å². The minimum atomic E-state index is -0.632. The first-order valence-electron chi connectivity index (χ1n) is 26.7. The predicted molar refractivity (Wildman–Crippen MR) is 284 cm³/mol. The van der Waals surface area contributed by atoms with Crippen molar-refractivity contribution in [1.29, 1.82) is 0 Å². The number of unbranched alkanes of at least 4 members (excludes halogenated alkanes) is 5. The van der Waals surface area contributed by atoms with Crippen molar-refractivity contribution < 1.29 is 42.9 Å². The minimum Gasteiger partial charge on any atom is -0.494 e. The summed E-state index contributed by atoms with van der Waals surface area (Å²) in [5, 5.41) is 17.4. The average Bonchev–Trinajstić information content (AvgIpc) is 3.98. The van der Waals surface area contributed by atoms with Gasteiger partial charge in [-0.3, -0.25) is 29.3 Å². The molecule has 0 aliphatic carbocycles. The molecule has 2 atom stereocenters. The van der Waals surface area contributed by atoms with Crippen molar-refractivity contribution in [2.45, 2.75) is 96.3 Å². The number of nitrogens with one attached hydrogen (secondary N) is 3. The van der Waals surface area contributed by atoms with Crippen LogP contribution in [0.2, 0.25) is 0 Å². The lowest BCUT2D eigenvalue weighted by Crippen LogP contribution is -2.52. The number of hydrogen-bond acceptors (Lipinski definition) is 15. The summed E-state index contributed by atoms with van der Waals surface area (Å²) in [5.41, 5.74) is 5.46. The van der Waals surface area contributed by atoms with Gasteiger partial charge in [-0.25, -0.2) is 9.97 Å². The Bertz CT molecular complexity index is 2730. The van der Waals surface area contributed by atoms with Crippen molar-refractivity contribution in [2.24, 2.45) is 7.05 Å². The number of piperidine rings is 1. The second kappa shape index (κ2) is 28.0. The number of nitrogens with zero attached hydrogens (tertiary/aromatic N) is 8. The number of fused-ring (bicyclic) bond motifs is 1. The van der Waals surface area contributed by atoms with E-state index in [9.17, 15) is 24.0 Å². The molecule has 3 N–H and O–H groups in total. The zero-order chi connectivity index (χ0) is 53.1. The number of amides is 5. The summed E-state index contributed by atoms with van der Waals surface area (Å²) >= 11 is 0. The Morgan fingerprint density at radius 3 is 2.28 bits per heavy atom. The van der Waals surface area contributed by atoms with Crippen LogP contribution in [0.1, 0.15) is 115 Å². The van der Waals surface area contributed by atoms with Crippen molar-refractivity contribution in [1.82, 2.24) is 45.2 Å². The maximum atomic E-state index is 13.3. The van der Waals surface area contributed by atoms with E-state index in [0.717, 1.165) is 79.0 Å². The molecule has 0 saturated carbocycles. The number of rotatable bonds is 29. The van der Waals surface area contributed by atoms with E-state index in [4.69, 9.17) is 18.9 Å². The molecule has 1 unspecified atom stereocenters. The fourth-order valence-corrected chi connectivity index (χ4v) is 9.53. The summed E-state index contributed by atoms with van der Waals surface area (Å²) in [5.74, 6) is 1.26. The number of ether oxygens (including phenoxy) is 4. The smallest absolute Gasteiger partial charge is 0.255 e. The van der Waals surface area contributed by atoms with Crippen LogP contribution in [-0.2, 0) is 48.7 Å². The Morgan fingerprint density at radius 2 is 1.53 bits per heavy atom. The topological polar surface area (TPSA) is 225 Å². The molecule has 0 spiro atoms. The molecule has 0 bridgehead atoms. The quantitative estimate of drug-likeness (QED) is 0.0367. The van der Waals surface area contributed by atoms with Gasteiger partial charge in [-0.2, -0.15) is 0 Å². The maximum Gasteiger partial charge on any atom is 0.255 e. The Kier molecular flexibility index (Phi) is 20.3. The van der Waals surface area contributed by atoms with Gasteiger partial charge in [-0.15, -0.1) is 10.2 Å². The number of anilines is 2. The van der Waals surface area contributed by atoms with Crippen LogP contribution in [0.4, 0.5) is 11.4 Å². The number of hydrogen-bond donors (Lipinski definition) is 3. The monoisotopic (exact) mass is 1040 g/mol. The Balaban J connectivity index is 0.587. The number of imide groups is 1. The zero-order valence-electron chi connectivity index (χ0n) is 43.8. The van der Waals surface area contributed by atoms with Crippen molar-refractivity contribution >= 4 is 40.9 Å². The standard InChI is InChI=1S/C56H71N11O9/c1-40(60-54(70)42-13-10-14-44(34-42)58-37-50-62-63-53(64(50)2)48-21-22-57-39-59-48)41-12-11-15-46(36-41)76-29-9-4-3-7-27-73-30-32-75-33-31-74-28-8-5-6-16-52(69)66-25-23-65(24-26-66)45-17-18-47-43(35-45)38-67(56(47)72)49-19-20-51(68)61-55(49)71/h10-15,17-18,21-22,34-36,39-40,49,58H,3-9,16,19-20,23-33,37-38H2,1-2H3,(H,60,70)(H,61,68,71)/t40-,49?/m1/s1. The van der Waals surface area contributed by atoms with Crippen LogP contribution in [0, 0.1) is 0 Å². The molecule has 20 heteroatoms. The van der Waals surface area contributed by atoms with Gasteiger partial charge in [0.05, 0.1) is 45.6 Å². The lowest BCUT2D eigenvalue weighted by atomic mass is 10.0. The van der Waals surface area contributed by atoms with Gasteiger partial charge in [-0.05, 0) is 111 Å². The van der Waals surface area contributed by atoms with E-state index in [1.807, 2.05) is 84.1 Å². The SMILES string of the molecule is C[C@@H](NC(=O)c1cccc(NCc2nnc(-c3ccncn3)n2C)c1)c1cccc(OCCCCCCOCCOCCOCCCCCC(=O)N2CCN(c3ccc4c(c3)CN(C3CCC(=O)NC3=O)C4=O)CC2)c1. The highest BCUT2D eigenvalue weighted by Crippen LogP contribution is 2.31. The molecule has 76 heavy (non-hydrogen) atoms. The highest BCUT2D eigenvalue weighted by Gasteiger charge is 2.39. The van der Waals surface area contributed by atoms with Crippen molar-refractivity contribution in [3.05, 3.63) is 113 Å². The van der Waals surface area contributed by atoms with E-state index in [1.54, 1.807) is 23.2 Å². The van der Waals surface area contributed by atoms with Gasteiger partial charge in [0.25, 0.3) is 11.8 Å². The fourth-order valence-electron chi connectivity index (χ4n) is 9.53. The molecular formula is C56H71N11O9. The summed E-state index contributed by atoms with van der Waals surface area (Å²) in [6.07, 6.45) is 10.9. The molecule has 8 rings (SSSR count). The van der Waals surface area contributed by atoms with Gasteiger partial charge < -0.3 is 48.8 Å². The molecule has 5 aromatic rings. The normalized spacial score (nSPS) is 15.9. The van der Waals surface area contributed by atoms with E-state index in [0.29, 0.717) is 121 Å². The van der Waals surface area contributed by atoms with Crippen LogP contribution in [0.3, 0.4) is 0 Å². The van der Waals surface area contributed by atoms with E-state index in [-0.39, 0.29) is 36.1 Å². The van der Waals surface area contributed by atoms with Crippen LogP contribution in [0.25, 0.3) is 11.5 Å². The molecule has 5 heterocycles. The van der Waals surface area contributed by atoms with Crippen LogP contribution in [0.5, 0.6) is 5.75 Å². The van der Waals surface area contributed by atoms with Gasteiger partial charge in [-0.1, -0.05) is 31.0 Å². The van der Waals surface area contributed by atoms with E-state index in [2.05, 4.69) is 41.0 Å². The van der Waals surface area contributed by atoms with Gasteiger partial charge >= 0.3 is 0 Å². The highest BCUT2D eigenvalue weighted by molar-refractivity contribution is 6.05. The van der Waals surface area contributed by atoms with Crippen LogP contribution >= 0.6 is 0 Å². The molecule has 404 valence electrons. The Hall–Kier alpha value is -7.29. The van der Waals surface area contributed by atoms with E-state index in [1.165, 1.54) is 6.33 Å².